The Balaban J connectivity index is 3.31. The van der Waals surface area contributed by atoms with Crippen molar-refractivity contribution < 1.29 is 5.11 Å². The van der Waals surface area contributed by atoms with Crippen LogP contribution in [0.5, 0.6) is 0 Å². The van der Waals surface area contributed by atoms with Crippen LogP contribution in [0, 0.1) is 0 Å². The second-order valence-corrected chi connectivity index (χ2v) is 5.03. The van der Waals surface area contributed by atoms with Crippen LogP contribution in [-0.4, -0.2) is 11.2 Å². The van der Waals surface area contributed by atoms with Crippen LogP contribution in [0.15, 0.2) is 24.3 Å². The van der Waals surface area contributed by atoms with Gasteiger partial charge in [-0.1, -0.05) is 76.7 Å². The zero-order valence-electron chi connectivity index (χ0n) is 12.4. The van der Waals surface area contributed by atoms with E-state index in [1.165, 1.54) is 38.5 Å². The summed E-state index contributed by atoms with van der Waals surface area (Å²) in [6, 6.07) is 0. The number of rotatable bonds is 12. The highest BCUT2D eigenvalue weighted by atomic mass is 16.3. The lowest BCUT2D eigenvalue weighted by Gasteiger charge is -2.07. The predicted octanol–water partition coefficient (Wildman–Crippen LogP) is 5.40. The van der Waals surface area contributed by atoms with Crippen molar-refractivity contribution in [3.63, 3.8) is 0 Å². The Morgan fingerprint density at radius 2 is 1.50 bits per heavy atom. The van der Waals surface area contributed by atoms with Crippen molar-refractivity contribution in [3.05, 3.63) is 24.3 Å². The van der Waals surface area contributed by atoms with Gasteiger partial charge in [0.25, 0.3) is 0 Å². The van der Waals surface area contributed by atoms with Gasteiger partial charge >= 0.3 is 0 Å². The van der Waals surface area contributed by atoms with Crippen molar-refractivity contribution in [2.75, 3.05) is 0 Å². The molecule has 0 saturated heterocycles. The molecule has 0 aliphatic rings. The summed E-state index contributed by atoms with van der Waals surface area (Å²) in [4.78, 5) is 0. The highest BCUT2D eigenvalue weighted by molar-refractivity contribution is 4.93. The van der Waals surface area contributed by atoms with Gasteiger partial charge in [0, 0.05) is 0 Å². The zero-order chi connectivity index (χ0) is 13.5. The normalized spacial score (nSPS) is 13.7. The minimum absolute atomic E-state index is 0.137. The van der Waals surface area contributed by atoms with E-state index in [9.17, 15) is 5.11 Å². The Kier molecular flexibility index (Phi) is 14.0. The molecule has 0 radical (unpaired) electrons. The molecule has 0 rings (SSSR count). The quantitative estimate of drug-likeness (QED) is 0.364. The van der Waals surface area contributed by atoms with E-state index in [4.69, 9.17) is 0 Å². The summed E-state index contributed by atoms with van der Waals surface area (Å²) in [7, 11) is 0. The molecule has 0 fully saturated rings. The number of aliphatic hydroxyl groups is 1. The molecule has 1 unspecified atom stereocenters. The summed E-state index contributed by atoms with van der Waals surface area (Å²) in [6.07, 6.45) is 20.2. The SMILES string of the molecule is CC/C=C\C/C=C\CC(O)CCCCCCCC. The second kappa shape index (κ2) is 14.5. The highest BCUT2D eigenvalue weighted by Crippen LogP contribution is 2.10. The summed E-state index contributed by atoms with van der Waals surface area (Å²) >= 11 is 0. The first-order valence-corrected chi connectivity index (χ1v) is 7.79. The molecule has 1 atom stereocenters. The summed E-state index contributed by atoms with van der Waals surface area (Å²) in [6.45, 7) is 4.39. The number of allylic oxidation sites excluding steroid dienone is 3. The van der Waals surface area contributed by atoms with Gasteiger partial charge in [-0.05, 0) is 25.7 Å². The van der Waals surface area contributed by atoms with Crippen molar-refractivity contribution >= 4 is 0 Å². The molecule has 0 aliphatic heterocycles. The van der Waals surface area contributed by atoms with E-state index >= 15 is 0 Å². The van der Waals surface area contributed by atoms with Crippen LogP contribution in [0.2, 0.25) is 0 Å². The Labute approximate surface area is 114 Å². The summed E-state index contributed by atoms with van der Waals surface area (Å²) in [5, 5.41) is 9.79. The van der Waals surface area contributed by atoms with Gasteiger partial charge in [-0.25, -0.2) is 0 Å². The van der Waals surface area contributed by atoms with Gasteiger partial charge in [-0.3, -0.25) is 0 Å². The molecule has 0 aromatic carbocycles. The van der Waals surface area contributed by atoms with Gasteiger partial charge in [0.15, 0.2) is 0 Å². The smallest absolute Gasteiger partial charge is 0.0574 e. The van der Waals surface area contributed by atoms with Gasteiger partial charge in [-0.15, -0.1) is 0 Å². The number of unbranched alkanes of at least 4 members (excludes halogenated alkanes) is 5. The van der Waals surface area contributed by atoms with Crippen LogP contribution in [0.25, 0.3) is 0 Å². The highest BCUT2D eigenvalue weighted by Gasteiger charge is 2.00. The Bertz CT molecular complexity index is 206. The molecule has 1 N–H and O–H groups in total. The Hall–Kier alpha value is -0.560. The fourth-order valence-corrected chi connectivity index (χ4v) is 1.97. The summed E-state index contributed by atoms with van der Waals surface area (Å²) in [5.74, 6) is 0. The molecule has 106 valence electrons. The van der Waals surface area contributed by atoms with Gasteiger partial charge < -0.3 is 5.11 Å². The Morgan fingerprint density at radius 3 is 2.22 bits per heavy atom. The molecule has 0 spiro atoms. The lowest BCUT2D eigenvalue weighted by atomic mass is 10.1. The average molecular weight is 252 g/mol. The standard InChI is InChI=1S/C17H32O/c1-3-5-7-9-11-13-15-17(18)16-14-12-10-8-6-4-2/h5,7,11,13,17-18H,3-4,6,8-10,12,14-16H2,1-2H3/b7-5-,13-11-. The zero-order valence-corrected chi connectivity index (χ0v) is 12.4. The van der Waals surface area contributed by atoms with Gasteiger partial charge in [-0.2, -0.15) is 0 Å². The largest absolute Gasteiger partial charge is 0.393 e. The van der Waals surface area contributed by atoms with Crippen LogP contribution >= 0.6 is 0 Å². The van der Waals surface area contributed by atoms with E-state index < -0.39 is 0 Å². The number of hydrogen-bond acceptors (Lipinski definition) is 1. The molecule has 0 bridgehead atoms. The maximum absolute atomic E-state index is 9.79. The molecular weight excluding hydrogens is 220 g/mol. The van der Waals surface area contributed by atoms with Crippen LogP contribution in [-0.2, 0) is 0 Å². The topological polar surface area (TPSA) is 20.2 Å². The molecular formula is C17H32O. The van der Waals surface area contributed by atoms with Crippen molar-refractivity contribution in [1.82, 2.24) is 0 Å². The predicted molar refractivity (Wildman–Crippen MR) is 81.8 cm³/mol. The van der Waals surface area contributed by atoms with E-state index in [0.29, 0.717) is 0 Å². The lowest BCUT2D eigenvalue weighted by Crippen LogP contribution is -2.04. The third-order valence-corrected chi connectivity index (χ3v) is 3.14. The molecule has 0 aliphatic carbocycles. The third-order valence-electron chi connectivity index (χ3n) is 3.14. The summed E-state index contributed by atoms with van der Waals surface area (Å²) in [5.41, 5.74) is 0. The van der Waals surface area contributed by atoms with Crippen molar-refractivity contribution in [2.24, 2.45) is 0 Å². The van der Waals surface area contributed by atoms with Crippen LogP contribution < -0.4 is 0 Å². The van der Waals surface area contributed by atoms with E-state index in [1.54, 1.807) is 0 Å². The van der Waals surface area contributed by atoms with Gasteiger partial charge in [0.2, 0.25) is 0 Å². The lowest BCUT2D eigenvalue weighted by molar-refractivity contribution is 0.163. The summed E-state index contributed by atoms with van der Waals surface area (Å²) < 4.78 is 0. The molecule has 1 nitrogen and oxygen atoms in total. The molecule has 0 amide bonds. The van der Waals surface area contributed by atoms with E-state index in [0.717, 1.165) is 25.7 Å². The molecule has 0 heterocycles. The minimum atomic E-state index is -0.137. The second-order valence-electron chi connectivity index (χ2n) is 5.03. The van der Waals surface area contributed by atoms with E-state index in [-0.39, 0.29) is 6.10 Å². The maximum Gasteiger partial charge on any atom is 0.0574 e. The van der Waals surface area contributed by atoms with Crippen molar-refractivity contribution in [1.29, 1.82) is 0 Å². The van der Waals surface area contributed by atoms with Crippen molar-refractivity contribution in [3.8, 4) is 0 Å². The van der Waals surface area contributed by atoms with Crippen LogP contribution in [0.3, 0.4) is 0 Å². The maximum atomic E-state index is 9.79. The molecule has 18 heavy (non-hydrogen) atoms. The first-order chi connectivity index (χ1) is 8.81. The average Bonchev–Trinajstić information content (AvgIpc) is 2.38. The van der Waals surface area contributed by atoms with Crippen molar-refractivity contribution in [2.45, 2.75) is 84.2 Å². The van der Waals surface area contributed by atoms with Crippen LogP contribution in [0.4, 0.5) is 0 Å². The number of aliphatic hydroxyl groups excluding tert-OH is 1. The third kappa shape index (κ3) is 13.5. The molecule has 0 aromatic rings. The fraction of sp³-hybridized carbons (Fsp3) is 0.765. The first-order valence-electron chi connectivity index (χ1n) is 7.79. The number of hydrogen-bond donors (Lipinski definition) is 1. The minimum Gasteiger partial charge on any atom is -0.393 e. The van der Waals surface area contributed by atoms with Crippen LogP contribution in [0.1, 0.15) is 78.1 Å². The van der Waals surface area contributed by atoms with Gasteiger partial charge in [0.1, 0.15) is 0 Å². The van der Waals surface area contributed by atoms with E-state index in [1.807, 2.05) is 0 Å². The molecule has 0 saturated carbocycles. The van der Waals surface area contributed by atoms with Gasteiger partial charge in [0.05, 0.1) is 6.10 Å². The Morgan fingerprint density at radius 1 is 0.833 bits per heavy atom. The first kappa shape index (κ1) is 17.4. The molecule has 0 aromatic heterocycles. The monoisotopic (exact) mass is 252 g/mol. The molecule has 1 heteroatoms. The van der Waals surface area contributed by atoms with E-state index in [2.05, 4.69) is 38.2 Å². The fourth-order valence-electron chi connectivity index (χ4n) is 1.97.